The van der Waals surface area contributed by atoms with E-state index in [1.54, 1.807) is 6.07 Å². The van der Waals surface area contributed by atoms with Crippen LogP contribution in [0.5, 0.6) is 5.75 Å². The number of primary sulfonamides is 1. The van der Waals surface area contributed by atoms with Crippen LogP contribution in [0.3, 0.4) is 0 Å². The molecule has 34 heavy (non-hydrogen) atoms. The summed E-state index contributed by atoms with van der Waals surface area (Å²) in [4.78, 5) is 15.3. The molecule has 1 aliphatic heterocycles. The molecule has 8 heteroatoms. The van der Waals surface area contributed by atoms with Crippen LogP contribution in [-0.2, 0) is 16.4 Å². The van der Waals surface area contributed by atoms with Crippen molar-refractivity contribution in [3.05, 3.63) is 59.2 Å². The number of ether oxygens (including phenoxy) is 1. The molecule has 0 unspecified atom stereocenters. The number of likely N-dealkylation sites (tertiary alicyclic amines) is 1. The van der Waals surface area contributed by atoms with Crippen LogP contribution in [0, 0.1) is 0 Å². The molecule has 2 aromatic rings. The summed E-state index contributed by atoms with van der Waals surface area (Å²) < 4.78 is 31.0. The maximum Gasteiger partial charge on any atom is 0.251 e. The normalized spacial score (nSPS) is 14.6. The summed E-state index contributed by atoms with van der Waals surface area (Å²) in [5, 5.41) is 8.51. The lowest BCUT2D eigenvalue weighted by Gasteiger charge is -2.26. The Bertz CT molecular complexity index is 1040. The molecule has 7 nitrogen and oxygen atoms in total. The van der Waals surface area contributed by atoms with E-state index in [1.165, 1.54) is 25.3 Å². The average molecular weight is 488 g/mol. The van der Waals surface area contributed by atoms with Gasteiger partial charge in [-0.3, -0.25) is 4.79 Å². The lowest BCUT2D eigenvalue weighted by molar-refractivity contribution is 0.0950. The lowest BCUT2D eigenvalue weighted by Crippen LogP contribution is -2.33. The van der Waals surface area contributed by atoms with Crippen molar-refractivity contribution in [2.75, 3.05) is 32.8 Å². The molecule has 0 bridgehead atoms. The van der Waals surface area contributed by atoms with Crippen LogP contribution < -0.4 is 15.2 Å². The van der Waals surface area contributed by atoms with Gasteiger partial charge < -0.3 is 15.0 Å². The van der Waals surface area contributed by atoms with Gasteiger partial charge >= 0.3 is 0 Å². The summed E-state index contributed by atoms with van der Waals surface area (Å²) in [7, 11) is -4.07. The van der Waals surface area contributed by atoms with Gasteiger partial charge in [-0.15, -0.1) is 0 Å². The molecule has 1 fully saturated rings. The van der Waals surface area contributed by atoms with Crippen molar-refractivity contribution in [2.24, 2.45) is 5.14 Å². The van der Waals surface area contributed by atoms with Gasteiger partial charge in [0.2, 0.25) is 10.0 Å². The number of hydrogen-bond donors (Lipinski definition) is 2. The second kappa shape index (κ2) is 12.9. The molecule has 0 atom stereocenters. The maximum absolute atomic E-state index is 12.9. The minimum Gasteiger partial charge on any atom is -0.493 e. The predicted molar refractivity (Wildman–Crippen MR) is 135 cm³/mol. The standard InChI is InChI=1S/C26H37N3O4S/c1-2-3-17-33-24-19-22(26(30)28-13-10-16-29-14-8-5-9-15-29)20-25(34(27,31)32)23(24)18-21-11-6-4-7-12-21/h4,6-7,11-12,19-20H,2-3,5,8-10,13-18H2,1H3,(H,28,30)(H2,27,31,32). The summed E-state index contributed by atoms with van der Waals surface area (Å²) in [5.74, 6) is 0.0671. The number of piperidine rings is 1. The second-order valence-corrected chi connectivity index (χ2v) is 10.4. The van der Waals surface area contributed by atoms with Crippen LogP contribution in [0.25, 0.3) is 0 Å². The van der Waals surface area contributed by atoms with Gasteiger partial charge in [-0.1, -0.05) is 50.1 Å². The van der Waals surface area contributed by atoms with Crippen LogP contribution in [0.2, 0.25) is 0 Å². The Morgan fingerprint density at radius 3 is 2.50 bits per heavy atom. The van der Waals surface area contributed by atoms with Crippen molar-refractivity contribution in [3.63, 3.8) is 0 Å². The van der Waals surface area contributed by atoms with E-state index in [9.17, 15) is 13.2 Å². The van der Waals surface area contributed by atoms with E-state index >= 15 is 0 Å². The predicted octanol–water partition coefficient (Wildman–Crippen LogP) is 3.71. The van der Waals surface area contributed by atoms with Crippen molar-refractivity contribution < 1.29 is 17.9 Å². The Hall–Kier alpha value is -2.42. The van der Waals surface area contributed by atoms with Crippen molar-refractivity contribution in [1.82, 2.24) is 10.2 Å². The highest BCUT2D eigenvalue weighted by molar-refractivity contribution is 7.89. The number of benzene rings is 2. The van der Waals surface area contributed by atoms with E-state index < -0.39 is 10.0 Å². The number of sulfonamides is 1. The molecule has 1 aliphatic rings. The van der Waals surface area contributed by atoms with E-state index in [0.29, 0.717) is 30.9 Å². The number of hydrogen-bond acceptors (Lipinski definition) is 5. The molecule has 0 aromatic heterocycles. The van der Waals surface area contributed by atoms with Gasteiger partial charge in [-0.25, -0.2) is 13.6 Å². The second-order valence-electron chi connectivity index (χ2n) is 8.87. The van der Waals surface area contributed by atoms with Crippen molar-refractivity contribution in [2.45, 2.75) is 56.8 Å². The third kappa shape index (κ3) is 7.82. The zero-order chi connectivity index (χ0) is 24.4. The first-order chi connectivity index (χ1) is 16.4. The molecular weight excluding hydrogens is 450 g/mol. The molecule has 186 valence electrons. The topological polar surface area (TPSA) is 102 Å². The molecular formula is C26H37N3O4S. The molecule has 1 amide bonds. The number of unbranched alkanes of at least 4 members (excludes halogenated alkanes) is 1. The fraction of sp³-hybridized carbons (Fsp3) is 0.500. The van der Waals surface area contributed by atoms with E-state index in [2.05, 4.69) is 17.1 Å². The van der Waals surface area contributed by atoms with Gasteiger partial charge in [-0.05, 0) is 63.0 Å². The summed E-state index contributed by atoms with van der Waals surface area (Å²) >= 11 is 0. The minimum atomic E-state index is -4.07. The molecule has 1 heterocycles. The fourth-order valence-corrected chi connectivity index (χ4v) is 5.03. The third-order valence-corrected chi connectivity index (χ3v) is 7.08. The Labute approximate surface area is 203 Å². The Morgan fingerprint density at radius 2 is 1.82 bits per heavy atom. The number of carbonyl (C=O) groups is 1. The summed E-state index contributed by atoms with van der Waals surface area (Å²) in [6.45, 7) is 6.20. The molecule has 0 saturated carbocycles. The van der Waals surface area contributed by atoms with Crippen molar-refractivity contribution >= 4 is 15.9 Å². The Morgan fingerprint density at radius 1 is 1.09 bits per heavy atom. The summed E-state index contributed by atoms with van der Waals surface area (Å²) in [6, 6.07) is 12.6. The highest BCUT2D eigenvalue weighted by Crippen LogP contribution is 2.30. The van der Waals surface area contributed by atoms with Crippen LogP contribution in [0.1, 0.15) is 66.9 Å². The van der Waals surface area contributed by atoms with Gasteiger partial charge in [0.05, 0.1) is 11.5 Å². The number of nitrogens with two attached hydrogens (primary N) is 1. The van der Waals surface area contributed by atoms with Gasteiger partial charge in [0.25, 0.3) is 5.91 Å². The molecule has 3 rings (SSSR count). The average Bonchev–Trinajstić information content (AvgIpc) is 2.83. The van der Waals surface area contributed by atoms with Crippen LogP contribution in [0.15, 0.2) is 47.4 Å². The van der Waals surface area contributed by atoms with Crippen LogP contribution in [-0.4, -0.2) is 52.0 Å². The Kier molecular flexibility index (Phi) is 9.92. The van der Waals surface area contributed by atoms with Gasteiger partial charge in [-0.2, -0.15) is 0 Å². The smallest absolute Gasteiger partial charge is 0.251 e. The van der Waals surface area contributed by atoms with E-state index in [4.69, 9.17) is 9.88 Å². The number of nitrogens with zero attached hydrogens (tertiary/aromatic N) is 1. The SMILES string of the molecule is CCCCOc1cc(C(=O)NCCCN2CCCCC2)cc(S(N)(=O)=O)c1Cc1ccccc1. The molecule has 2 aromatic carbocycles. The third-order valence-electron chi connectivity index (χ3n) is 6.10. The van der Waals surface area contributed by atoms with E-state index in [1.807, 2.05) is 30.3 Å². The number of carbonyl (C=O) groups excluding carboxylic acids is 1. The number of amides is 1. The fourth-order valence-electron chi connectivity index (χ4n) is 4.22. The molecule has 3 N–H and O–H groups in total. The lowest BCUT2D eigenvalue weighted by atomic mass is 10.0. The van der Waals surface area contributed by atoms with Crippen LogP contribution in [0.4, 0.5) is 0 Å². The molecule has 0 radical (unpaired) electrons. The van der Waals surface area contributed by atoms with Crippen molar-refractivity contribution in [3.8, 4) is 5.75 Å². The highest BCUT2D eigenvalue weighted by Gasteiger charge is 2.23. The molecule has 0 aliphatic carbocycles. The van der Waals surface area contributed by atoms with E-state index in [0.717, 1.165) is 44.5 Å². The summed E-state index contributed by atoms with van der Waals surface area (Å²) in [6.07, 6.45) is 6.71. The number of rotatable bonds is 12. The van der Waals surface area contributed by atoms with Gasteiger partial charge in [0, 0.05) is 24.1 Å². The molecule has 1 saturated heterocycles. The van der Waals surface area contributed by atoms with Crippen molar-refractivity contribution in [1.29, 1.82) is 0 Å². The van der Waals surface area contributed by atoms with E-state index in [-0.39, 0.29) is 16.4 Å². The maximum atomic E-state index is 12.9. The highest BCUT2D eigenvalue weighted by atomic mass is 32.2. The van der Waals surface area contributed by atoms with Gasteiger partial charge in [0.1, 0.15) is 5.75 Å². The zero-order valence-corrected chi connectivity index (χ0v) is 20.9. The quantitative estimate of drug-likeness (QED) is 0.445. The first-order valence-corrected chi connectivity index (χ1v) is 13.8. The Balaban J connectivity index is 1.80. The first-order valence-electron chi connectivity index (χ1n) is 12.3. The number of nitrogens with one attached hydrogen (secondary N) is 1. The van der Waals surface area contributed by atoms with Crippen LogP contribution >= 0.6 is 0 Å². The van der Waals surface area contributed by atoms with Gasteiger partial charge in [0.15, 0.2) is 0 Å². The largest absolute Gasteiger partial charge is 0.493 e. The first kappa shape index (κ1) is 26.2. The summed E-state index contributed by atoms with van der Waals surface area (Å²) in [5.41, 5.74) is 1.65. The monoisotopic (exact) mass is 487 g/mol. The molecule has 0 spiro atoms. The minimum absolute atomic E-state index is 0.0659. The zero-order valence-electron chi connectivity index (χ0n) is 20.1.